The Hall–Kier alpha value is -5.14. The second kappa shape index (κ2) is 15.6. The van der Waals surface area contributed by atoms with Crippen molar-refractivity contribution in [3.63, 3.8) is 0 Å². The van der Waals surface area contributed by atoms with Crippen LogP contribution >= 0.6 is 0 Å². The van der Waals surface area contributed by atoms with Crippen LogP contribution in [0.1, 0.15) is 26.3 Å². The van der Waals surface area contributed by atoms with Crippen LogP contribution in [0.5, 0.6) is 28.7 Å². The van der Waals surface area contributed by atoms with Crippen LogP contribution in [0.25, 0.3) is 0 Å². The number of hydrogen-bond acceptors (Lipinski definition) is 12. The van der Waals surface area contributed by atoms with E-state index in [-0.39, 0.29) is 37.9 Å². The highest BCUT2D eigenvalue weighted by Crippen LogP contribution is 2.31. The maximum Gasteiger partial charge on any atom is 0.343 e. The van der Waals surface area contributed by atoms with Crippen LogP contribution in [0.2, 0.25) is 0 Å². The molecule has 2 aliphatic rings. The summed E-state index contributed by atoms with van der Waals surface area (Å²) in [5.74, 6) is 1.90. The summed E-state index contributed by atoms with van der Waals surface area (Å²) >= 11 is 0. The molecule has 0 radical (unpaired) electrons. The largest absolute Gasteiger partial charge is 0.497 e. The normalized spacial score (nSPS) is 19.6. The zero-order chi connectivity index (χ0) is 33.3. The van der Waals surface area contributed by atoms with Crippen molar-refractivity contribution in [2.24, 2.45) is 0 Å². The van der Waals surface area contributed by atoms with Crippen molar-refractivity contribution in [1.29, 1.82) is 0 Å². The van der Waals surface area contributed by atoms with Crippen LogP contribution < -0.4 is 23.7 Å². The van der Waals surface area contributed by atoms with E-state index >= 15 is 0 Å². The van der Waals surface area contributed by atoms with E-state index in [9.17, 15) is 9.59 Å². The summed E-state index contributed by atoms with van der Waals surface area (Å²) in [6, 6.07) is 27.2. The summed E-state index contributed by atoms with van der Waals surface area (Å²) in [5.41, 5.74) is 1.53. The molecule has 4 atom stereocenters. The zero-order valence-corrected chi connectivity index (χ0v) is 26.3. The number of carbonyl (C=O) groups excluding carboxylic acids is 2. The molecule has 0 aromatic heterocycles. The van der Waals surface area contributed by atoms with Crippen molar-refractivity contribution in [2.75, 3.05) is 34.2 Å². The van der Waals surface area contributed by atoms with Crippen LogP contribution in [0, 0.1) is 0 Å². The lowest BCUT2D eigenvalue weighted by Crippen LogP contribution is -2.35. The van der Waals surface area contributed by atoms with Crippen molar-refractivity contribution in [3.05, 3.63) is 114 Å². The van der Waals surface area contributed by atoms with E-state index in [1.54, 1.807) is 50.6 Å². The summed E-state index contributed by atoms with van der Waals surface area (Å²) in [7, 11) is 3.15. The Kier molecular flexibility index (Phi) is 10.7. The van der Waals surface area contributed by atoms with Gasteiger partial charge in [0.15, 0.2) is 6.10 Å². The van der Waals surface area contributed by atoms with Gasteiger partial charge in [-0.25, -0.2) is 19.4 Å². The minimum Gasteiger partial charge on any atom is -0.497 e. The summed E-state index contributed by atoms with van der Waals surface area (Å²) < 4.78 is 44.3. The molecule has 2 saturated heterocycles. The van der Waals surface area contributed by atoms with Gasteiger partial charge in [-0.05, 0) is 90.5 Å². The predicted octanol–water partition coefficient (Wildman–Crippen LogP) is 5.18. The van der Waals surface area contributed by atoms with Gasteiger partial charge >= 0.3 is 11.9 Å². The molecule has 2 fully saturated rings. The molecule has 4 aromatic rings. The molecule has 4 aromatic carbocycles. The van der Waals surface area contributed by atoms with E-state index in [1.165, 1.54) is 24.3 Å². The van der Waals surface area contributed by atoms with Gasteiger partial charge in [-0.1, -0.05) is 12.1 Å². The standard InChI is InChI=1S/C36H34O12/c1-39-26-11-5-24(6-12-26)35(37)46-30-13-7-25(8-14-30)36(38)47-31-20-41-34-32(21-42-33(31)34)48-45-19-23-3-9-28(10-4-23)43-22-44-29-17-15-27(40-2)16-18-29/h3-18,31-34H,19-22H2,1-2H3/t31?,32-,33+,34+/m0/s1. The van der Waals surface area contributed by atoms with Crippen molar-refractivity contribution in [1.82, 2.24) is 0 Å². The number of esters is 2. The quantitative estimate of drug-likeness (QED) is 0.0583. The molecule has 0 saturated carbocycles. The molecular formula is C36H34O12. The molecule has 0 bridgehead atoms. The van der Waals surface area contributed by atoms with E-state index in [1.807, 2.05) is 36.4 Å². The molecule has 2 heterocycles. The van der Waals surface area contributed by atoms with E-state index in [0.29, 0.717) is 22.8 Å². The van der Waals surface area contributed by atoms with Gasteiger partial charge in [0.2, 0.25) is 6.79 Å². The first-order valence-electron chi connectivity index (χ1n) is 15.2. The number of hydrogen-bond donors (Lipinski definition) is 0. The highest BCUT2D eigenvalue weighted by molar-refractivity contribution is 5.92. The monoisotopic (exact) mass is 658 g/mol. The number of ether oxygens (including phenoxy) is 8. The first-order valence-corrected chi connectivity index (χ1v) is 15.2. The van der Waals surface area contributed by atoms with Gasteiger partial charge in [-0.2, -0.15) is 0 Å². The van der Waals surface area contributed by atoms with Gasteiger partial charge in [-0.15, -0.1) is 0 Å². The van der Waals surface area contributed by atoms with Gasteiger partial charge in [0, 0.05) is 0 Å². The third-order valence-corrected chi connectivity index (χ3v) is 7.70. The fourth-order valence-corrected chi connectivity index (χ4v) is 5.08. The Morgan fingerprint density at radius 3 is 1.69 bits per heavy atom. The van der Waals surface area contributed by atoms with Gasteiger partial charge in [0.05, 0.1) is 38.6 Å². The van der Waals surface area contributed by atoms with Crippen molar-refractivity contribution in [2.45, 2.75) is 31.0 Å². The number of fused-ring (bicyclic) bond motifs is 1. The molecule has 12 nitrogen and oxygen atoms in total. The minimum absolute atomic E-state index is 0.0568. The van der Waals surface area contributed by atoms with Crippen LogP contribution in [0.3, 0.4) is 0 Å². The van der Waals surface area contributed by atoms with Crippen molar-refractivity contribution in [3.8, 4) is 28.7 Å². The Morgan fingerprint density at radius 1 is 0.604 bits per heavy atom. The second-order valence-corrected chi connectivity index (χ2v) is 10.8. The Morgan fingerprint density at radius 2 is 1.08 bits per heavy atom. The molecular weight excluding hydrogens is 624 g/mol. The summed E-state index contributed by atoms with van der Waals surface area (Å²) in [6.45, 7) is 0.627. The molecule has 2 aliphatic heterocycles. The fraction of sp³-hybridized carbons (Fsp3) is 0.278. The first-order chi connectivity index (χ1) is 23.5. The number of methoxy groups -OCH3 is 2. The number of carbonyl (C=O) groups is 2. The van der Waals surface area contributed by atoms with Crippen molar-refractivity contribution >= 4 is 11.9 Å². The summed E-state index contributed by atoms with van der Waals surface area (Å²) in [4.78, 5) is 36.4. The molecule has 6 rings (SSSR count). The van der Waals surface area contributed by atoms with Gasteiger partial charge < -0.3 is 37.9 Å². The molecule has 48 heavy (non-hydrogen) atoms. The average molecular weight is 659 g/mol. The van der Waals surface area contributed by atoms with Crippen LogP contribution in [-0.4, -0.2) is 70.6 Å². The maximum absolute atomic E-state index is 12.9. The molecule has 0 N–H and O–H groups in total. The van der Waals surface area contributed by atoms with E-state index < -0.39 is 36.4 Å². The van der Waals surface area contributed by atoms with Gasteiger partial charge in [0.25, 0.3) is 0 Å². The number of benzene rings is 4. The van der Waals surface area contributed by atoms with Gasteiger partial charge in [0.1, 0.15) is 53.7 Å². The van der Waals surface area contributed by atoms with Crippen molar-refractivity contribution < 1.29 is 57.3 Å². The van der Waals surface area contributed by atoms with Crippen LogP contribution in [0.15, 0.2) is 97.1 Å². The molecule has 0 amide bonds. The maximum atomic E-state index is 12.9. The van der Waals surface area contributed by atoms with E-state index in [4.69, 9.17) is 47.7 Å². The Balaban J connectivity index is 0.904. The van der Waals surface area contributed by atoms with Crippen LogP contribution in [-0.2, 0) is 30.6 Å². The second-order valence-electron chi connectivity index (χ2n) is 10.8. The molecule has 12 heteroatoms. The molecule has 0 aliphatic carbocycles. The van der Waals surface area contributed by atoms with E-state index in [0.717, 1.165) is 11.3 Å². The Labute approximate surface area is 276 Å². The molecule has 250 valence electrons. The SMILES string of the molecule is COc1ccc(OCOc2ccc(COO[C@H]3CO[C@@H]4C(OC(=O)c5ccc(OC(=O)c6ccc(OC)cc6)cc5)CO[C@H]34)cc2)cc1. The lowest BCUT2D eigenvalue weighted by Gasteiger charge is -2.17. The third kappa shape index (κ3) is 8.22. The van der Waals surface area contributed by atoms with Gasteiger partial charge in [-0.3, -0.25) is 0 Å². The lowest BCUT2D eigenvalue weighted by molar-refractivity contribution is -0.341. The minimum atomic E-state index is -0.620. The highest BCUT2D eigenvalue weighted by atomic mass is 17.2. The topological polar surface area (TPSA) is 126 Å². The molecule has 1 unspecified atom stereocenters. The fourth-order valence-electron chi connectivity index (χ4n) is 5.08. The average Bonchev–Trinajstić information content (AvgIpc) is 3.72. The number of rotatable bonds is 14. The van der Waals surface area contributed by atoms with Crippen LogP contribution in [0.4, 0.5) is 0 Å². The predicted molar refractivity (Wildman–Crippen MR) is 168 cm³/mol. The lowest BCUT2D eigenvalue weighted by atomic mass is 10.1. The third-order valence-electron chi connectivity index (χ3n) is 7.70. The first kappa shape index (κ1) is 32.8. The smallest absolute Gasteiger partial charge is 0.343 e. The highest BCUT2D eigenvalue weighted by Gasteiger charge is 2.50. The molecule has 0 spiro atoms. The Bertz CT molecular complexity index is 1640. The zero-order valence-electron chi connectivity index (χ0n) is 26.3. The summed E-state index contributed by atoms with van der Waals surface area (Å²) in [6.07, 6.45) is -2.06. The summed E-state index contributed by atoms with van der Waals surface area (Å²) in [5, 5.41) is 0. The van der Waals surface area contributed by atoms with E-state index in [2.05, 4.69) is 0 Å².